The summed E-state index contributed by atoms with van der Waals surface area (Å²) in [6, 6.07) is 7.75. The van der Waals surface area contributed by atoms with Crippen molar-refractivity contribution in [3.05, 3.63) is 112 Å². The fraction of sp³-hybridized carbons (Fsp3) is 0.154. The van der Waals surface area contributed by atoms with Crippen molar-refractivity contribution in [3.63, 3.8) is 0 Å². The quantitative estimate of drug-likeness (QED) is 0.221. The largest absolute Gasteiger partial charge is 0.461 e. The van der Waals surface area contributed by atoms with Crippen molar-refractivity contribution in [1.29, 1.82) is 0 Å². The molecule has 40 heavy (non-hydrogen) atoms. The Bertz CT molecular complexity index is 1570. The summed E-state index contributed by atoms with van der Waals surface area (Å²) >= 11 is 6.03. The number of aromatic nitrogens is 1. The molecule has 0 fully saturated rings. The van der Waals surface area contributed by atoms with E-state index in [4.69, 9.17) is 20.9 Å². The van der Waals surface area contributed by atoms with Gasteiger partial charge < -0.3 is 14.2 Å². The van der Waals surface area contributed by atoms with Gasteiger partial charge in [0.25, 0.3) is 0 Å². The molecular weight excluding hydrogens is 574 g/mol. The summed E-state index contributed by atoms with van der Waals surface area (Å²) in [7, 11) is 0. The molecule has 14 heteroatoms. The van der Waals surface area contributed by atoms with Crippen molar-refractivity contribution in [2.45, 2.75) is 25.1 Å². The standard InChI is InChI=1S/C26H14ClF8N3O2/c27-22-16(9-14(25(30,31)32)10-17(22)26(33,34)35)24-38(23(37-40-24)20-5-2-8-39-20)12-13-11-36-7-6-15(13)21-18(28)3-1-4-19(21)29/h1-11,24H,12H2/t24-/m1/s1. The number of benzene rings is 2. The summed E-state index contributed by atoms with van der Waals surface area (Å²) in [6.07, 6.45) is -8.36. The second kappa shape index (κ2) is 10.1. The zero-order valence-corrected chi connectivity index (χ0v) is 20.5. The summed E-state index contributed by atoms with van der Waals surface area (Å²) in [5, 5.41) is 2.79. The summed E-state index contributed by atoms with van der Waals surface area (Å²) in [6.45, 7) is -0.394. The van der Waals surface area contributed by atoms with Crippen LogP contribution in [0.3, 0.4) is 0 Å². The Kier molecular flexibility index (Phi) is 6.94. The molecule has 0 saturated carbocycles. The fourth-order valence-corrected chi connectivity index (χ4v) is 4.54. The van der Waals surface area contributed by atoms with E-state index < -0.39 is 64.0 Å². The molecule has 0 unspecified atom stereocenters. The first-order valence-corrected chi connectivity index (χ1v) is 11.6. The Morgan fingerprint density at radius 1 is 0.925 bits per heavy atom. The molecule has 5 nitrogen and oxygen atoms in total. The van der Waals surface area contributed by atoms with Crippen molar-refractivity contribution < 1.29 is 44.4 Å². The highest BCUT2D eigenvalue weighted by Crippen LogP contribution is 2.45. The molecule has 0 aliphatic carbocycles. The average molecular weight is 588 g/mol. The summed E-state index contributed by atoms with van der Waals surface area (Å²) in [5.74, 6) is -1.89. The molecule has 1 aliphatic heterocycles. The van der Waals surface area contributed by atoms with Crippen LogP contribution in [0.15, 0.2) is 76.8 Å². The molecule has 1 aliphatic rings. The van der Waals surface area contributed by atoms with Crippen molar-refractivity contribution in [3.8, 4) is 11.1 Å². The second-order valence-corrected chi connectivity index (χ2v) is 8.91. The van der Waals surface area contributed by atoms with Crippen LogP contribution in [0.25, 0.3) is 11.1 Å². The van der Waals surface area contributed by atoms with E-state index in [0.29, 0.717) is 6.07 Å². The lowest BCUT2D eigenvalue weighted by Gasteiger charge is -2.28. The lowest BCUT2D eigenvalue weighted by Crippen LogP contribution is -2.31. The third-order valence-electron chi connectivity index (χ3n) is 6.01. The van der Waals surface area contributed by atoms with E-state index >= 15 is 0 Å². The maximum Gasteiger partial charge on any atom is 0.417 e. The number of halogens is 9. The Morgan fingerprint density at radius 3 is 2.27 bits per heavy atom. The SMILES string of the molecule is Fc1cccc(F)c1-c1ccncc1CN1C(c2ccco2)=NO[C@@H]1c1cc(C(F)(F)F)cc(C(F)(F)F)c1Cl. The van der Waals surface area contributed by atoms with Crippen LogP contribution in [0.4, 0.5) is 35.1 Å². The van der Waals surface area contributed by atoms with Crippen molar-refractivity contribution >= 4 is 17.4 Å². The maximum absolute atomic E-state index is 14.7. The first-order chi connectivity index (χ1) is 18.9. The van der Waals surface area contributed by atoms with Crippen LogP contribution >= 0.6 is 11.6 Å². The van der Waals surface area contributed by atoms with Gasteiger partial charge in [-0.05, 0) is 53.6 Å². The highest BCUT2D eigenvalue weighted by atomic mass is 35.5. The van der Waals surface area contributed by atoms with Gasteiger partial charge in [-0.2, -0.15) is 26.3 Å². The number of hydrogen-bond donors (Lipinski definition) is 0. The lowest BCUT2D eigenvalue weighted by atomic mass is 9.99. The summed E-state index contributed by atoms with van der Waals surface area (Å²) in [4.78, 5) is 10.5. The van der Waals surface area contributed by atoms with Gasteiger partial charge >= 0.3 is 12.4 Å². The second-order valence-electron chi connectivity index (χ2n) is 8.53. The molecule has 1 atom stereocenters. The highest BCUT2D eigenvalue weighted by molar-refractivity contribution is 6.32. The zero-order chi connectivity index (χ0) is 28.8. The molecular formula is C26H14ClF8N3O2. The van der Waals surface area contributed by atoms with Crippen LogP contribution in [-0.4, -0.2) is 15.7 Å². The minimum absolute atomic E-state index is 0.0289. The number of alkyl halides is 6. The van der Waals surface area contributed by atoms with Crippen molar-refractivity contribution in [2.24, 2.45) is 5.16 Å². The highest BCUT2D eigenvalue weighted by Gasteiger charge is 2.43. The Morgan fingerprint density at radius 2 is 1.65 bits per heavy atom. The minimum Gasteiger partial charge on any atom is -0.461 e. The van der Waals surface area contributed by atoms with Crippen LogP contribution in [0.5, 0.6) is 0 Å². The fourth-order valence-electron chi connectivity index (χ4n) is 4.23. The Labute approximate surface area is 225 Å². The molecule has 0 spiro atoms. The molecule has 5 rings (SSSR count). The van der Waals surface area contributed by atoms with E-state index in [1.807, 2.05) is 0 Å². The number of furan rings is 1. The van der Waals surface area contributed by atoms with Gasteiger partial charge in [-0.3, -0.25) is 4.98 Å². The van der Waals surface area contributed by atoms with Gasteiger partial charge in [-0.15, -0.1) is 0 Å². The normalized spacial score (nSPS) is 15.8. The van der Waals surface area contributed by atoms with Gasteiger partial charge in [-0.25, -0.2) is 8.78 Å². The first-order valence-electron chi connectivity index (χ1n) is 11.3. The van der Waals surface area contributed by atoms with Gasteiger partial charge in [0.1, 0.15) is 11.6 Å². The van der Waals surface area contributed by atoms with E-state index in [1.54, 1.807) is 0 Å². The van der Waals surface area contributed by atoms with E-state index in [0.717, 1.165) is 23.1 Å². The van der Waals surface area contributed by atoms with Gasteiger partial charge in [0, 0.05) is 18.0 Å². The number of amidine groups is 1. The smallest absolute Gasteiger partial charge is 0.417 e. The molecule has 208 valence electrons. The van der Waals surface area contributed by atoms with Crippen molar-refractivity contribution in [1.82, 2.24) is 9.88 Å². The van der Waals surface area contributed by atoms with E-state index in [9.17, 15) is 35.1 Å². The average Bonchev–Trinajstić information content (AvgIpc) is 3.54. The lowest BCUT2D eigenvalue weighted by molar-refractivity contribution is -0.143. The molecule has 0 bridgehead atoms. The molecule has 0 N–H and O–H groups in total. The number of nitrogens with zero attached hydrogens (tertiary/aromatic N) is 3. The van der Waals surface area contributed by atoms with Crippen LogP contribution in [0, 0.1) is 11.6 Å². The summed E-state index contributed by atoms with van der Waals surface area (Å²) < 4.78 is 117. The first kappa shape index (κ1) is 27.4. The third kappa shape index (κ3) is 5.08. The van der Waals surface area contributed by atoms with E-state index in [-0.39, 0.29) is 28.8 Å². The van der Waals surface area contributed by atoms with Crippen LogP contribution in [0.2, 0.25) is 5.02 Å². The maximum atomic E-state index is 14.7. The van der Waals surface area contributed by atoms with Crippen LogP contribution < -0.4 is 0 Å². The Balaban J connectivity index is 1.66. The molecule has 0 radical (unpaired) electrons. The number of rotatable bonds is 5. The summed E-state index contributed by atoms with van der Waals surface area (Å²) in [5.41, 5.74) is -4.29. The van der Waals surface area contributed by atoms with Gasteiger partial charge in [0.15, 0.2) is 5.76 Å². The topological polar surface area (TPSA) is 50.9 Å². The molecule has 4 aromatic rings. The predicted molar refractivity (Wildman–Crippen MR) is 126 cm³/mol. The predicted octanol–water partition coefficient (Wildman–Crippen LogP) is 8.20. The molecule has 2 aromatic heterocycles. The monoisotopic (exact) mass is 587 g/mol. The Hall–Kier alpha value is -4.13. The van der Waals surface area contributed by atoms with Crippen molar-refractivity contribution in [2.75, 3.05) is 0 Å². The third-order valence-corrected chi connectivity index (χ3v) is 6.43. The van der Waals surface area contributed by atoms with E-state index in [1.165, 1.54) is 36.9 Å². The number of hydrogen-bond acceptors (Lipinski definition) is 5. The minimum atomic E-state index is -5.24. The van der Waals surface area contributed by atoms with Crippen LogP contribution in [0.1, 0.15) is 34.2 Å². The van der Waals surface area contributed by atoms with Gasteiger partial charge in [-0.1, -0.05) is 22.8 Å². The number of oxime groups is 1. The molecule has 3 heterocycles. The van der Waals surface area contributed by atoms with E-state index in [2.05, 4.69) is 10.1 Å². The van der Waals surface area contributed by atoms with Gasteiger partial charge in [0.05, 0.1) is 34.5 Å². The molecule has 0 saturated heterocycles. The number of pyridine rings is 1. The molecule has 0 amide bonds. The molecule has 2 aromatic carbocycles. The zero-order valence-electron chi connectivity index (χ0n) is 19.7. The van der Waals surface area contributed by atoms with Crippen LogP contribution in [-0.2, 0) is 23.7 Å². The van der Waals surface area contributed by atoms with Gasteiger partial charge in [0.2, 0.25) is 12.1 Å².